The number of nitrogens with two attached hydrogens (primary N) is 1. The molecule has 0 unspecified atom stereocenters. The van der Waals surface area contributed by atoms with Crippen molar-refractivity contribution >= 4 is 28.9 Å². The maximum Gasteiger partial charge on any atom is 0.162 e. The summed E-state index contributed by atoms with van der Waals surface area (Å²) < 4.78 is 1.19. The summed E-state index contributed by atoms with van der Waals surface area (Å²) in [5.74, 6) is 1.16. The summed E-state index contributed by atoms with van der Waals surface area (Å²) in [7, 11) is 0. The van der Waals surface area contributed by atoms with Crippen LogP contribution in [0.4, 0.5) is 5.82 Å². The molecule has 2 N–H and O–H groups in total. The Balaban J connectivity index is 1.97. The van der Waals surface area contributed by atoms with Gasteiger partial charge in [-0.15, -0.1) is 11.3 Å². The highest BCUT2D eigenvalue weighted by molar-refractivity contribution is 8.01. The van der Waals surface area contributed by atoms with Crippen LogP contribution in [-0.2, 0) is 0 Å². The molecule has 3 aromatic rings. The molecule has 3 rings (SSSR count). The minimum absolute atomic E-state index is 0.493. The number of aromatic nitrogens is 2. The van der Waals surface area contributed by atoms with Crippen molar-refractivity contribution in [3.63, 3.8) is 0 Å². The van der Waals surface area contributed by atoms with Gasteiger partial charge in [-0.3, -0.25) is 0 Å². The highest BCUT2D eigenvalue weighted by atomic mass is 32.2. The SMILES string of the molecule is Nc1cc(Sc2cccs2)nc(-c2ccccc2)n1. The van der Waals surface area contributed by atoms with Crippen molar-refractivity contribution in [1.82, 2.24) is 9.97 Å². The Labute approximate surface area is 119 Å². The van der Waals surface area contributed by atoms with Gasteiger partial charge in [-0.25, -0.2) is 9.97 Å². The summed E-state index contributed by atoms with van der Waals surface area (Å²) in [6.07, 6.45) is 0. The number of nitrogen functional groups attached to an aromatic ring is 1. The van der Waals surface area contributed by atoms with E-state index in [1.807, 2.05) is 41.8 Å². The number of hydrogen-bond acceptors (Lipinski definition) is 5. The van der Waals surface area contributed by atoms with Gasteiger partial charge in [0, 0.05) is 11.6 Å². The van der Waals surface area contributed by atoms with Crippen LogP contribution < -0.4 is 5.73 Å². The number of nitrogens with zero attached hydrogens (tertiary/aromatic N) is 2. The van der Waals surface area contributed by atoms with Crippen LogP contribution in [0, 0.1) is 0 Å². The lowest BCUT2D eigenvalue weighted by Crippen LogP contribution is -1.96. The number of hydrogen-bond donors (Lipinski definition) is 1. The zero-order chi connectivity index (χ0) is 13.1. The molecule has 0 amide bonds. The number of thiophene rings is 1. The first kappa shape index (κ1) is 12.2. The minimum Gasteiger partial charge on any atom is -0.384 e. The van der Waals surface area contributed by atoms with Crippen LogP contribution in [0.25, 0.3) is 11.4 Å². The lowest BCUT2D eigenvalue weighted by Gasteiger charge is -2.04. The number of rotatable bonds is 3. The van der Waals surface area contributed by atoms with Gasteiger partial charge in [0.1, 0.15) is 10.8 Å². The standard InChI is InChI=1S/C14H11N3S2/c15-11-9-12(19-13-7-4-8-18-13)17-14(16-11)10-5-2-1-3-6-10/h1-9H,(H2,15,16,17). The van der Waals surface area contributed by atoms with Crippen LogP contribution in [0.2, 0.25) is 0 Å². The molecular weight excluding hydrogens is 274 g/mol. The zero-order valence-corrected chi connectivity index (χ0v) is 11.6. The Hall–Kier alpha value is -1.85. The minimum atomic E-state index is 0.493. The molecule has 94 valence electrons. The first-order valence-corrected chi connectivity index (χ1v) is 7.42. The van der Waals surface area contributed by atoms with Crippen molar-refractivity contribution < 1.29 is 0 Å². The summed E-state index contributed by atoms with van der Waals surface area (Å²) in [5, 5.41) is 2.92. The van der Waals surface area contributed by atoms with Crippen LogP contribution >= 0.6 is 23.1 Å². The molecule has 0 atom stereocenters. The summed E-state index contributed by atoms with van der Waals surface area (Å²) in [5.41, 5.74) is 6.84. The van der Waals surface area contributed by atoms with Crippen LogP contribution in [0.5, 0.6) is 0 Å². The molecule has 0 fully saturated rings. The molecule has 3 nitrogen and oxygen atoms in total. The number of anilines is 1. The second kappa shape index (κ2) is 5.42. The summed E-state index contributed by atoms with van der Waals surface area (Å²) in [4.78, 5) is 8.85. The lowest BCUT2D eigenvalue weighted by molar-refractivity contribution is 1.07. The third kappa shape index (κ3) is 2.94. The van der Waals surface area contributed by atoms with Crippen LogP contribution in [0.3, 0.4) is 0 Å². The smallest absolute Gasteiger partial charge is 0.162 e. The zero-order valence-electron chi connectivity index (χ0n) is 9.98. The van der Waals surface area contributed by atoms with E-state index in [9.17, 15) is 0 Å². The molecule has 0 aliphatic rings. The highest BCUT2D eigenvalue weighted by Gasteiger charge is 2.07. The largest absolute Gasteiger partial charge is 0.384 e. The van der Waals surface area contributed by atoms with E-state index in [2.05, 4.69) is 16.0 Å². The van der Waals surface area contributed by atoms with Crippen molar-refractivity contribution in [2.75, 3.05) is 5.73 Å². The molecule has 5 heteroatoms. The Morgan fingerprint density at radius 2 is 1.84 bits per heavy atom. The maximum atomic E-state index is 5.86. The van der Waals surface area contributed by atoms with Crippen LogP contribution in [0.15, 0.2) is 63.1 Å². The van der Waals surface area contributed by atoms with E-state index >= 15 is 0 Å². The Kier molecular flexibility index (Phi) is 3.48. The van der Waals surface area contributed by atoms with E-state index in [0.29, 0.717) is 11.6 Å². The topological polar surface area (TPSA) is 51.8 Å². The average Bonchev–Trinajstić information content (AvgIpc) is 2.92. The van der Waals surface area contributed by atoms with Gasteiger partial charge in [-0.05, 0) is 11.4 Å². The molecule has 0 aliphatic heterocycles. The van der Waals surface area contributed by atoms with E-state index in [1.165, 1.54) is 4.21 Å². The highest BCUT2D eigenvalue weighted by Crippen LogP contribution is 2.31. The van der Waals surface area contributed by atoms with Gasteiger partial charge in [-0.1, -0.05) is 48.2 Å². The summed E-state index contributed by atoms with van der Waals surface area (Å²) in [6, 6.07) is 15.8. The number of benzene rings is 1. The summed E-state index contributed by atoms with van der Waals surface area (Å²) in [6.45, 7) is 0. The predicted molar refractivity (Wildman–Crippen MR) is 80.3 cm³/mol. The fraction of sp³-hybridized carbons (Fsp3) is 0. The van der Waals surface area contributed by atoms with E-state index in [-0.39, 0.29) is 0 Å². The van der Waals surface area contributed by atoms with Gasteiger partial charge in [0.15, 0.2) is 5.82 Å². The molecule has 2 heterocycles. The molecule has 0 spiro atoms. The first-order valence-electron chi connectivity index (χ1n) is 5.72. The normalized spacial score (nSPS) is 10.5. The third-order valence-electron chi connectivity index (χ3n) is 2.45. The molecule has 0 aliphatic carbocycles. The van der Waals surface area contributed by atoms with Crippen LogP contribution in [-0.4, -0.2) is 9.97 Å². The fourth-order valence-corrected chi connectivity index (χ4v) is 3.36. The van der Waals surface area contributed by atoms with Crippen molar-refractivity contribution in [3.8, 4) is 11.4 Å². The molecule has 0 saturated carbocycles. The van der Waals surface area contributed by atoms with Gasteiger partial charge >= 0.3 is 0 Å². The van der Waals surface area contributed by atoms with E-state index in [1.54, 1.807) is 29.2 Å². The van der Waals surface area contributed by atoms with Gasteiger partial charge < -0.3 is 5.73 Å². The lowest BCUT2D eigenvalue weighted by atomic mass is 10.2. The second-order valence-electron chi connectivity index (χ2n) is 3.85. The Morgan fingerprint density at radius 3 is 2.58 bits per heavy atom. The molecule has 0 saturated heterocycles. The second-order valence-corrected chi connectivity index (χ2v) is 6.12. The van der Waals surface area contributed by atoms with Gasteiger partial charge in [-0.2, -0.15) is 0 Å². The molecule has 1 aromatic carbocycles. The van der Waals surface area contributed by atoms with E-state index in [0.717, 1.165) is 10.6 Å². The third-order valence-corrected chi connectivity index (χ3v) is 4.41. The average molecular weight is 285 g/mol. The van der Waals surface area contributed by atoms with Crippen LogP contribution in [0.1, 0.15) is 0 Å². The monoisotopic (exact) mass is 285 g/mol. The van der Waals surface area contributed by atoms with Gasteiger partial charge in [0.05, 0.1) is 4.21 Å². The van der Waals surface area contributed by atoms with Gasteiger partial charge in [0.2, 0.25) is 0 Å². The molecule has 19 heavy (non-hydrogen) atoms. The first-order chi connectivity index (χ1) is 9.31. The predicted octanol–water partition coefficient (Wildman–Crippen LogP) is 3.94. The molecular formula is C14H11N3S2. The van der Waals surface area contributed by atoms with E-state index < -0.39 is 0 Å². The van der Waals surface area contributed by atoms with Crippen molar-refractivity contribution in [2.45, 2.75) is 9.24 Å². The maximum absolute atomic E-state index is 5.86. The van der Waals surface area contributed by atoms with E-state index in [4.69, 9.17) is 5.73 Å². The summed E-state index contributed by atoms with van der Waals surface area (Å²) >= 11 is 3.29. The molecule has 0 radical (unpaired) electrons. The van der Waals surface area contributed by atoms with Crippen molar-refractivity contribution in [2.24, 2.45) is 0 Å². The van der Waals surface area contributed by atoms with Gasteiger partial charge in [0.25, 0.3) is 0 Å². The Morgan fingerprint density at radius 1 is 1.00 bits per heavy atom. The van der Waals surface area contributed by atoms with Crippen molar-refractivity contribution in [3.05, 3.63) is 53.9 Å². The molecule has 0 bridgehead atoms. The fourth-order valence-electron chi connectivity index (χ4n) is 1.64. The quantitative estimate of drug-likeness (QED) is 0.741. The molecule has 2 aromatic heterocycles. The van der Waals surface area contributed by atoms with Crippen molar-refractivity contribution in [1.29, 1.82) is 0 Å². The Bertz CT molecular complexity index is 666.